The lowest BCUT2D eigenvalue weighted by atomic mass is 10.1. The number of aryl methyl sites for hydroxylation is 1. The average Bonchev–Trinajstić information content (AvgIpc) is 2.47. The van der Waals surface area contributed by atoms with E-state index in [0.717, 1.165) is 29.3 Å². The molecule has 0 fully saturated rings. The number of hydrogen-bond donors (Lipinski definition) is 1. The third-order valence-corrected chi connectivity index (χ3v) is 3.45. The summed E-state index contributed by atoms with van der Waals surface area (Å²) in [5.41, 5.74) is 3.59. The van der Waals surface area contributed by atoms with E-state index < -0.39 is 0 Å². The molecule has 0 aliphatic rings. The Balaban J connectivity index is 2.05. The second-order valence-electron chi connectivity index (χ2n) is 4.74. The summed E-state index contributed by atoms with van der Waals surface area (Å²) in [6.45, 7) is 3.47. The van der Waals surface area contributed by atoms with Gasteiger partial charge in [0, 0.05) is 17.1 Å². The largest absolute Gasteiger partial charge is 0.489 e. The maximum atomic E-state index is 6.02. The molecule has 0 bridgehead atoms. The van der Waals surface area contributed by atoms with E-state index in [9.17, 15) is 0 Å². The van der Waals surface area contributed by atoms with Crippen molar-refractivity contribution in [2.75, 3.05) is 7.05 Å². The topological polar surface area (TPSA) is 21.3 Å². The second-order valence-corrected chi connectivity index (χ2v) is 5.18. The van der Waals surface area contributed by atoms with Gasteiger partial charge in [-0.2, -0.15) is 0 Å². The van der Waals surface area contributed by atoms with Crippen molar-refractivity contribution < 1.29 is 4.74 Å². The Morgan fingerprint density at radius 2 is 1.75 bits per heavy atom. The van der Waals surface area contributed by atoms with Gasteiger partial charge in [-0.3, -0.25) is 0 Å². The Bertz CT molecular complexity index is 551. The number of nitrogens with one attached hydrogen (secondary N) is 1. The molecule has 0 aromatic heterocycles. The second kappa shape index (κ2) is 7.32. The first-order chi connectivity index (χ1) is 9.72. The fourth-order valence-electron chi connectivity index (χ4n) is 2.05. The molecule has 0 heterocycles. The highest BCUT2D eigenvalue weighted by atomic mass is 35.5. The predicted molar refractivity (Wildman–Crippen MR) is 84.4 cm³/mol. The van der Waals surface area contributed by atoms with Crippen molar-refractivity contribution in [1.29, 1.82) is 0 Å². The van der Waals surface area contributed by atoms with Crippen molar-refractivity contribution in [3.63, 3.8) is 0 Å². The van der Waals surface area contributed by atoms with Gasteiger partial charge in [0.25, 0.3) is 0 Å². The molecule has 0 radical (unpaired) electrons. The minimum absolute atomic E-state index is 0.572. The number of halogens is 1. The highest BCUT2D eigenvalue weighted by Crippen LogP contribution is 2.23. The zero-order valence-electron chi connectivity index (χ0n) is 11.9. The third kappa shape index (κ3) is 3.99. The van der Waals surface area contributed by atoms with E-state index in [2.05, 4.69) is 36.5 Å². The van der Waals surface area contributed by atoms with Gasteiger partial charge in [-0.15, -0.1) is 0 Å². The quantitative estimate of drug-likeness (QED) is 0.860. The van der Waals surface area contributed by atoms with Crippen molar-refractivity contribution in [3.05, 3.63) is 64.2 Å². The van der Waals surface area contributed by atoms with Crippen LogP contribution in [-0.4, -0.2) is 7.05 Å². The van der Waals surface area contributed by atoms with Gasteiger partial charge in [0.05, 0.1) is 0 Å². The maximum absolute atomic E-state index is 6.02. The fourth-order valence-corrected chi connectivity index (χ4v) is 2.24. The van der Waals surface area contributed by atoms with Gasteiger partial charge < -0.3 is 10.1 Å². The van der Waals surface area contributed by atoms with Crippen molar-refractivity contribution in [1.82, 2.24) is 5.32 Å². The van der Waals surface area contributed by atoms with Crippen LogP contribution in [0.4, 0.5) is 0 Å². The molecule has 2 rings (SSSR count). The smallest absolute Gasteiger partial charge is 0.124 e. The van der Waals surface area contributed by atoms with Crippen LogP contribution in [-0.2, 0) is 19.6 Å². The van der Waals surface area contributed by atoms with E-state index in [1.54, 1.807) is 0 Å². The Kier molecular flexibility index (Phi) is 5.45. The molecular weight excluding hydrogens is 270 g/mol. The van der Waals surface area contributed by atoms with Crippen molar-refractivity contribution in [2.45, 2.75) is 26.5 Å². The van der Waals surface area contributed by atoms with E-state index in [4.69, 9.17) is 16.3 Å². The standard InChI is InChI=1S/C17H20ClNO/c1-3-13-4-6-14(7-5-13)12-20-17-9-8-16(18)10-15(17)11-19-2/h4-10,19H,3,11-12H2,1-2H3. The van der Waals surface area contributed by atoms with Crippen molar-refractivity contribution >= 4 is 11.6 Å². The lowest BCUT2D eigenvalue weighted by molar-refractivity contribution is 0.302. The van der Waals surface area contributed by atoms with Gasteiger partial charge >= 0.3 is 0 Å². The summed E-state index contributed by atoms with van der Waals surface area (Å²) in [4.78, 5) is 0. The van der Waals surface area contributed by atoms with Crippen LogP contribution >= 0.6 is 11.6 Å². The van der Waals surface area contributed by atoms with Crippen LogP contribution in [0.1, 0.15) is 23.6 Å². The Hall–Kier alpha value is -1.51. The SMILES string of the molecule is CCc1ccc(COc2ccc(Cl)cc2CNC)cc1. The predicted octanol–water partition coefficient (Wildman–Crippen LogP) is 4.20. The lowest BCUT2D eigenvalue weighted by Crippen LogP contribution is -2.07. The zero-order valence-corrected chi connectivity index (χ0v) is 12.7. The number of rotatable bonds is 6. The van der Waals surface area contributed by atoms with Gasteiger partial charge in [0.2, 0.25) is 0 Å². The van der Waals surface area contributed by atoms with Crippen LogP contribution in [0.2, 0.25) is 5.02 Å². The van der Waals surface area contributed by atoms with Crippen molar-refractivity contribution in [3.8, 4) is 5.75 Å². The van der Waals surface area contributed by atoms with Gasteiger partial charge in [0.1, 0.15) is 12.4 Å². The fraction of sp³-hybridized carbons (Fsp3) is 0.294. The van der Waals surface area contributed by atoms with Crippen LogP contribution in [0, 0.1) is 0 Å². The lowest BCUT2D eigenvalue weighted by Gasteiger charge is -2.12. The average molecular weight is 290 g/mol. The number of hydrogen-bond acceptors (Lipinski definition) is 2. The van der Waals surface area contributed by atoms with E-state index in [1.165, 1.54) is 11.1 Å². The zero-order chi connectivity index (χ0) is 14.4. The summed E-state index contributed by atoms with van der Waals surface area (Å²) in [7, 11) is 1.91. The molecule has 3 heteroatoms. The molecule has 106 valence electrons. The van der Waals surface area contributed by atoms with Crippen LogP contribution in [0.25, 0.3) is 0 Å². The molecule has 0 amide bonds. The molecule has 0 saturated heterocycles. The molecule has 0 unspecified atom stereocenters. The van der Waals surface area contributed by atoms with Crippen LogP contribution in [0.3, 0.4) is 0 Å². The van der Waals surface area contributed by atoms with Gasteiger partial charge in [-0.25, -0.2) is 0 Å². The van der Waals surface area contributed by atoms with Gasteiger partial charge in [0.15, 0.2) is 0 Å². The minimum atomic E-state index is 0.572. The first-order valence-corrected chi connectivity index (χ1v) is 7.24. The number of benzene rings is 2. The first kappa shape index (κ1) is 14.9. The van der Waals surface area contributed by atoms with E-state index >= 15 is 0 Å². The Morgan fingerprint density at radius 1 is 1.05 bits per heavy atom. The molecule has 2 nitrogen and oxygen atoms in total. The summed E-state index contributed by atoms with van der Waals surface area (Å²) in [5.74, 6) is 0.878. The normalized spacial score (nSPS) is 10.6. The molecule has 2 aromatic carbocycles. The number of ether oxygens (including phenoxy) is 1. The molecule has 0 atom stereocenters. The molecule has 2 aromatic rings. The molecule has 0 aliphatic heterocycles. The maximum Gasteiger partial charge on any atom is 0.124 e. The summed E-state index contributed by atoms with van der Waals surface area (Å²) in [6, 6.07) is 14.3. The highest BCUT2D eigenvalue weighted by molar-refractivity contribution is 6.30. The highest BCUT2D eigenvalue weighted by Gasteiger charge is 2.04. The molecule has 0 spiro atoms. The van der Waals surface area contributed by atoms with Crippen LogP contribution in [0.5, 0.6) is 5.75 Å². The first-order valence-electron chi connectivity index (χ1n) is 6.86. The van der Waals surface area contributed by atoms with E-state index in [1.807, 2.05) is 25.2 Å². The Labute approximate surface area is 125 Å². The summed E-state index contributed by atoms with van der Waals surface area (Å²) in [5, 5.41) is 3.86. The molecular formula is C17H20ClNO. The molecule has 0 saturated carbocycles. The molecule has 0 aliphatic carbocycles. The summed E-state index contributed by atoms with van der Waals surface area (Å²) < 4.78 is 5.91. The van der Waals surface area contributed by atoms with Gasteiger partial charge in [-0.05, 0) is 42.8 Å². The summed E-state index contributed by atoms with van der Waals surface area (Å²) in [6.07, 6.45) is 1.06. The summed E-state index contributed by atoms with van der Waals surface area (Å²) >= 11 is 6.02. The van der Waals surface area contributed by atoms with Crippen LogP contribution < -0.4 is 10.1 Å². The van der Waals surface area contributed by atoms with Crippen LogP contribution in [0.15, 0.2) is 42.5 Å². The van der Waals surface area contributed by atoms with Gasteiger partial charge in [-0.1, -0.05) is 42.8 Å². The molecule has 1 N–H and O–H groups in total. The Morgan fingerprint density at radius 3 is 2.40 bits per heavy atom. The third-order valence-electron chi connectivity index (χ3n) is 3.22. The van der Waals surface area contributed by atoms with E-state index in [0.29, 0.717) is 6.61 Å². The monoisotopic (exact) mass is 289 g/mol. The van der Waals surface area contributed by atoms with E-state index in [-0.39, 0.29) is 0 Å². The van der Waals surface area contributed by atoms with Crippen molar-refractivity contribution in [2.24, 2.45) is 0 Å². The minimum Gasteiger partial charge on any atom is -0.489 e. The molecule has 20 heavy (non-hydrogen) atoms.